The monoisotopic (exact) mass is 423 g/mol. The Balaban J connectivity index is 1.31. The lowest BCUT2D eigenvalue weighted by Crippen LogP contribution is -2.71. The van der Waals surface area contributed by atoms with Gasteiger partial charge in [0.15, 0.2) is 0 Å². The van der Waals surface area contributed by atoms with Crippen molar-refractivity contribution in [2.75, 3.05) is 5.73 Å². The van der Waals surface area contributed by atoms with Crippen LogP contribution in [-0.2, 0) is 11.2 Å². The highest BCUT2D eigenvalue weighted by Crippen LogP contribution is 2.64. The number of pyridine rings is 1. The van der Waals surface area contributed by atoms with Gasteiger partial charge in [-0.3, -0.25) is 0 Å². The molecular formula is C27H41N3O. The molecule has 4 nitrogen and oxygen atoms in total. The highest BCUT2D eigenvalue weighted by atomic mass is 16.5. The van der Waals surface area contributed by atoms with Gasteiger partial charge in [-0.05, 0) is 106 Å². The van der Waals surface area contributed by atoms with Crippen LogP contribution in [0.25, 0.3) is 0 Å². The largest absolute Gasteiger partial charge is 0.384 e. The summed E-state index contributed by atoms with van der Waals surface area (Å²) in [5.74, 6) is 3.39. The van der Waals surface area contributed by atoms with Crippen molar-refractivity contribution >= 4 is 5.82 Å². The van der Waals surface area contributed by atoms with E-state index < -0.39 is 0 Å². The standard InChI is InChI=1S/C27H41N3O/c1-25-8-4-5-20-14-27(31-25,16-22(28)24(20)25)21-12-19(11-18-6-7-23(29)30-17-18)13-26(15-21)9-2-3-10-26/h6-7,17,19-22,24H,2-5,8-16,28H2,1H3,(H2,29,30). The number of nitrogens with two attached hydrogens (primary N) is 2. The fourth-order valence-electron chi connectivity index (χ4n) is 9.50. The Bertz CT molecular complexity index is 818. The Hall–Kier alpha value is -1.13. The van der Waals surface area contributed by atoms with Crippen LogP contribution in [-0.4, -0.2) is 22.2 Å². The number of rotatable bonds is 3. The van der Waals surface area contributed by atoms with E-state index in [1.807, 2.05) is 12.3 Å². The van der Waals surface area contributed by atoms with Gasteiger partial charge >= 0.3 is 0 Å². The lowest BCUT2D eigenvalue weighted by molar-refractivity contribution is -0.309. The van der Waals surface area contributed by atoms with Gasteiger partial charge in [-0.1, -0.05) is 25.3 Å². The molecule has 2 aliphatic heterocycles. The lowest BCUT2D eigenvalue weighted by Gasteiger charge is -2.67. The Labute approximate surface area is 187 Å². The summed E-state index contributed by atoms with van der Waals surface area (Å²) in [6.07, 6.45) is 19.2. The zero-order chi connectivity index (χ0) is 21.3. The van der Waals surface area contributed by atoms with E-state index in [4.69, 9.17) is 16.2 Å². The van der Waals surface area contributed by atoms with Gasteiger partial charge < -0.3 is 16.2 Å². The van der Waals surface area contributed by atoms with Crippen LogP contribution in [0.15, 0.2) is 18.3 Å². The molecule has 170 valence electrons. The molecule has 7 rings (SSSR count). The average Bonchev–Trinajstić information content (AvgIpc) is 3.15. The first-order valence-electron chi connectivity index (χ1n) is 13.0. The van der Waals surface area contributed by atoms with Gasteiger partial charge in [-0.2, -0.15) is 0 Å². The van der Waals surface area contributed by atoms with Crippen LogP contribution in [0.1, 0.15) is 89.5 Å². The first-order valence-corrected chi connectivity index (χ1v) is 13.0. The van der Waals surface area contributed by atoms with Crippen LogP contribution in [0, 0.1) is 29.1 Å². The van der Waals surface area contributed by atoms with Gasteiger partial charge in [-0.25, -0.2) is 4.98 Å². The number of aromatic nitrogens is 1. The van der Waals surface area contributed by atoms with E-state index >= 15 is 0 Å². The molecule has 6 fully saturated rings. The van der Waals surface area contributed by atoms with E-state index in [9.17, 15) is 0 Å². The summed E-state index contributed by atoms with van der Waals surface area (Å²) in [6, 6.07) is 4.49. The zero-order valence-electron chi connectivity index (χ0n) is 19.3. The van der Waals surface area contributed by atoms with E-state index in [2.05, 4.69) is 18.0 Å². The summed E-state index contributed by atoms with van der Waals surface area (Å²) in [5, 5.41) is 0. The molecule has 4 heteroatoms. The number of anilines is 1. The summed E-state index contributed by atoms with van der Waals surface area (Å²) in [6.45, 7) is 2.41. The molecule has 0 radical (unpaired) electrons. The Morgan fingerprint density at radius 3 is 2.65 bits per heavy atom. The van der Waals surface area contributed by atoms with Gasteiger partial charge in [0.2, 0.25) is 0 Å². The van der Waals surface area contributed by atoms with E-state index in [-0.39, 0.29) is 11.2 Å². The van der Waals surface area contributed by atoms with Crippen molar-refractivity contribution in [2.24, 2.45) is 34.8 Å². The minimum Gasteiger partial charge on any atom is -0.384 e. The smallest absolute Gasteiger partial charge is 0.123 e. The molecule has 7 atom stereocenters. The summed E-state index contributed by atoms with van der Waals surface area (Å²) in [5.41, 5.74) is 14.7. The van der Waals surface area contributed by atoms with E-state index in [1.54, 1.807) is 0 Å². The van der Waals surface area contributed by atoms with Crippen molar-refractivity contribution in [2.45, 2.75) is 108 Å². The molecule has 0 amide bonds. The quantitative estimate of drug-likeness (QED) is 0.696. The van der Waals surface area contributed by atoms with Crippen LogP contribution in [0.5, 0.6) is 0 Å². The summed E-state index contributed by atoms with van der Waals surface area (Å²) in [7, 11) is 0. The minimum atomic E-state index is 0.0233. The molecule has 1 aromatic rings. The number of nitrogens with zero attached hydrogens (tertiary/aromatic N) is 1. The minimum absolute atomic E-state index is 0.0233. The number of hydrogen-bond donors (Lipinski definition) is 2. The van der Waals surface area contributed by atoms with Crippen molar-refractivity contribution in [3.63, 3.8) is 0 Å². The second-order valence-corrected chi connectivity index (χ2v) is 12.4. The lowest BCUT2D eigenvalue weighted by atomic mass is 9.49. The molecule has 1 aromatic heterocycles. The molecule has 1 spiro atoms. The van der Waals surface area contributed by atoms with E-state index in [1.165, 1.54) is 76.2 Å². The maximum Gasteiger partial charge on any atom is 0.123 e. The average molecular weight is 424 g/mol. The third-order valence-electron chi connectivity index (χ3n) is 10.3. The topological polar surface area (TPSA) is 74.2 Å². The van der Waals surface area contributed by atoms with Crippen molar-refractivity contribution in [1.82, 2.24) is 4.98 Å². The summed E-state index contributed by atoms with van der Waals surface area (Å²) < 4.78 is 7.25. The molecule has 6 aliphatic rings. The number of nitrogen functional groups attached to an aromatic ring is 1. The highest BCUT2D eigenvalue weighted by Gasteiger charge is 2.64. The molecule has 31 heavy (non-hydrogen) atoms. The van der Waals surface area contributed by atoms with Crippen LogP contribution in [0.4, 0.5) is 5.82 Å². The first kappa shape index (κ1) is 20.5. The SMILES string of the molecule is CC12CCCC3CC(C4CC(Cc5ccc(N)nc5)CC5(CCCC5)C4)(CC(N)C31)O2. The van der Waals surface area contributed by atoms with Crippen molar-refractivity contribution < 1.29 is 4.74 Å². The molecule has 4 aliphatic carbocycles. The van der Waals surface area contributed by atoms with E-state index in [0.717, 1.165) is 24.7 Å². The predicted molar refractivity (Wildman–Crippen MR) is 124 cm³/mol. The van der Waals surface area contributed by atoms with Crippen LogP contribution in [0.3, 0.4) is 0 Å². The van der Waals surface area contributed by atoms with Gasteiger partial charge in [0.05, 0.1) is 11.2 Å². The third kappa shape index (κ3) is 3.35. The summed E-state index contributed by atoms with van der Waals surface area (Å²) >= 11 is 0. The number of hydrogen-bond acceptors (Lipinski definition) is 4. The molecular weight excluding hydrogens is 382 g/mol. The molecule has 3 heterocycles. The first-order chi connectivity index (χ1) is 14.9. The Morgan fingerprint density at radius 1 is 1.06 bits per heavy atom. The van der Waals surface area contributed by atoms with Crippen molar-refractivity contribution in [3.05, 3.63) is 23.9 Å². The van der Waals surface area contributed by atoms with Gasteiger partial charge in [-0.15, -0.1) is 0 Å². The van der Waals surface area contributed by atoms with Gasteiger partial charge in [0.1, 0.15) is 5.82 Å². The summed E-state index contributed by atoms with van der Waals surface area (Å²) in [4.78, 5) is 4.37. The maximum atomic E-state index is 7.25. The molecule has 2 saturated heterocycles. The second kappa shape index (κ2) is 7.18. The van der Waals surface area contributed by atoms with Crippen molar-refractivity contribution in [1.29, 1.82) is 0 Å². The molecule has 4 bridgehead atoms. The fraction of sp³-hybridized carbons (Fsp3) is 0.815. The fourth-order valence-corrected chi connectivity index (χ4v) is 9.50. The molecule has 7 unspecified atom stereocenters. The highest BCUT2D eigenvalue weighted by molar-refractivity contribution is 5.29. The number of ether oxygens (including phenoxy) is 1. The van der Waals surface area contributed by atoms with Gasteiger partial charge in [0.25, 0.3) is 0 Å². The number of fused-ring (bicyclic) bond motifs is 1. The Kier molecular flexibility index (Phi) is 4.74. The van der Waals surface area contributed by atoms with Crippen LogP contribution >= 0.6 is 0 Å². The second-order valence-electron chi connectivity index (χ2n) is 12.4. The Morgan fingerprint density at radius 2 is 1.90 bits per heavy atom. The predicted octanol–water partition coefficient (Wildman–Crippen LogP) is 5.25. The van der Waals surface area contributed by atoms with Crippen molar-refractivity contribution in [3.8, 4) is 0 Å². The molecule has 4 N–H and O–H groups in total. The molecule has 4 saturated carbocycles. The van der Waals surface area contributed by atoms with E-state index in [0.29, 0.717) is 29.1 Å². The normalized spacial score (nSPS) is 45.8. The molecule has 0 aromatic carbocycles. The van der Waals surface area contributed by atoms with Crippen LogP contribution in [0.2, 0.25) is 0 Å². The zero-order valence-corrected chi connectivity index (χ0v) is 19.3. The maximum absolute atomic E-state index is 7.25. The van der Waals surface area contributed by atoms with Crippen LogP contribution < -0.4 is 11.5 Å². The third-order valence-corrected chi connectivity index (χ3v) is 10.3. The van der Waals surface area contributed by atoms with Gasteiger partial charge in [0, 0.05) is 18.2 Å².